The Morgan fingerprint density at radius 1 is 1.07 bits per heavy atom. The number of rotatable bonds is 6. The number of nitrogens with zero attached hydrogens (tertiary/aromatic N) is 2. The molecule has 0 aliphatic heterocycles. The van der Waals surface area contributed by atoms with Gasteiger partial charge in [0.25, 0.3) is 5.91 Å². The highest BCUT2D eigenvalue weighted by molar-refractivity contribution is 6.02. The monoisotopic (exact) mass is 377 g/mol. The van der Waals surface area contributed by atoms with Crippen molar-refractivity contribution in [2.45, 2.75) is 6.61 Å². The van der Waals surface area contributed by atoms with E-state index in [0.717, 1.165) is 11.0 Å². The van der Waals surface area contributed by atoms with Crippen LogP contribution < -0.4 is 14.8 Å². The molecule has 7 heteroatoms. The molecular formula is C21H19N3O4. The number of amides is 1. The summed E-state index contributed by atoms with van der Waals surface area (Å²) in [4.78, 5) is 16.9. The third-order valence-corrected chi connectivity index (χ3v) is 4.34. The number of anilines is 1. The first kappa shape index (κ1) is 17.7. The molecule has 0 unspecified atom stereocenters. The molecule has 2 aromatic carbocycles. The highest BCUT2D eigenvalue weighted by atomic mass is 16.5. The van der Waals surface area contributed by atoms with Gasteiger partial charge in [0, 0.05) is 7.05 Å². The number of imidazole rings is 1. The van der Waals surface area contributed by atoms with Gasteiger partial charge in [-0.3, -0.25) is 10.1 Å². The molecule has 0 saturated carbocycles. The Hall–Kier alpha value is -3.74. The quantitative estimate of drug-likeness (QED) is 0.549. The Bertz CT molecular complexity index is 1130. The first-order valence-corrected chi connectivity index (χ1v) is 8.73. The van der Waals surface area contributed by atoms with Gasteiger partial charge in [-0.1, -0.05) is 24.3 Å². The Balaban J connectivity index is 1.44. The number of hydrogen-bond donors (Lipinski definition) is 1. The molecule has 0 atom stereocenters. The summed E-state index contributed by atoms with van der Waals surface area (Å²) < 4.78 is 18.4. The molecule has 4 aromatic rings. The maximum Gasteiger partial charge on any atom is 0.293 e. The predicted molar refractivity (Wildman–Crippen MR) is 105 cm³/mol. The number of carbonyl (C=O) groups is 1. The number of furan rings is 1. The standard InChI is InChI=1S/C21H19N3O4/c1-24-16-8-4-3-7-15(16)22-21(24)23-20(25)19-12-11-14(28-19)13-27-18-10-6-5-9-17(18)26-2/h3-12H,13H2,1-2H3,(H,22,23,25). The van der Waals surface area contributed by atoms with Crippen LogP contribution in [0.2, 0.25) is 0 Å². The van der Waals surface area contributed by atoms with Crippen LogP contribution in [0.4, 0.5) is 5.95 Å². The molecule has 0 aliphatic carbocycles. The minimum atomic E-state index is -0.373. The molecule has 28 heavy (non-hydrogen) atoms. The van der Waals surface area contributed by atoms with E-state index in [9.17, 15) is 4.79 Å². The van der Waals surface area contributed by atoms with Gasteiger partial charge in [-0.05, 0) is 36.4 Å². The molecule has 142 valence electrons. The van der Waals surface area contributed by atoms with E-state index in [-0.39, 0.29) is 18.3 Å². The van der Waals surface area contributed by atoms with E-state index < -0.39 is 0 Å². The van der Waals surface area contributed by atoms with Gasteiger partial charge in [0.1, 0.15) is 12.4 Å². The van der Waals surface area contributed by atoms with Gasteiger partial charge in [0.05, 0.1) is 18.1 Å². The average Bonchev–Trinajstić information content (AvgIpc) is 3.32. The van der Waals surface area contributed by atoms with Crippen LogP contribution in [0.1, 0.15) is 16.3 Å². The van der Waals surface area contributed by atoms with Crippen LogP contribution in [0.3, 0.4) is 0 Å². The summed E-state index contributed by atoms with van der Waals surface area (Å²) >= 11 is 0. The Morgan fingerprint density at radius 2 is 1.82 bits per heavy atom. The lowest BCUT2D eigenvalue weighted by atomic mass is 10.3. The second-order valence-electron chi connectivity index (χ2n) is 6.14. The molecule has 0 spiro atoms. The smallest absolute Gasteiger partial charge is 0.293 e. The normalized spacial score (nSPS) is 10.8. The fourth-order valence-electron chi connectivity index (χ4n) is 2.88. The van der Waals surface area contributed by atoms with Crippen molar-refractivity contribution in [3.05, 3.63) is 72.2 Å². The summed E-state index contributed by atoms with van der Waals surface area (Å²) in [5, 5.41) is 2.78. The van der Waals surface area contributed by atoms with Crippen LogP contribution in [0.15, 0.2) is 65.1 Å². The SMILES string of the molecule is COc1ccccc1OCc1ccc(C(=O)Nc2nc3ccccc3n2C)o1. The lowest BCUT2D eigenvalue weighted by Crippen LogP contribution is -2.14. The second-order valence-corrected chi connectivity index (χ2v) is 6.14. The number of nitrogens with one attached hydrogen (secondary N) is 1. The van der Waals surface area contributed by atoms with Crippen LogP contribution >= 0.6 is 0 Å². The fourth-order valence-corrected chi connectivity index (χ4v) is 2.88. The van der Waals surface area contributed by atoms with Crippen molar-refractivity contribution in [1.82, 2.24) is 9.55 Å². The van der Waals surface area contributed by atoms with Crippen LogP contribution in [-0.4, -0.2) is 22.6 Å². The van der Waals surface area contributed by atoms with Crippen molar-refractivity contribution in [3.8, 4) is 11.5 Å². The molecule has 7 nitrogen and oxygen atoms in total. The molecule has 2 heterocycles. The number of hydrogen-bond acceptors (Lipinski definition) is 5. The Kier molecular flexibility index (Phi) is 4.72. The molecule has 1 N–H and O–H groups in total. The van der Waals surface area contributed by atoms with Crippen molar-refractivity contribution < 1.29 is 18.7 Å². The van der Waals surface area contributed by atoms with Gasteiger partial charge in [-0.15, -0.1) is 0 Å². The average molecular weight is 377 g/mol. The van der Waals surface area contributed by atoms with E-state index in [0.29, 0.717) is 23.2 Å². The van der Waals surface area contributed by atoms with E-state index in [1.807, 2.05) is 54.1 Å². The lowest BCUT2D eigenvalue weighted by Gasteiger charge is -2.08. The number of ether oxygens (including phenoxy) is 2. The zero-order valence-electron chi connectivity index (χ0n) is 15.5. The number of para-hydroxylation sites is 4. The van der Waals surface area contributed by atoms with Gasteiger partial charge in [-0.2, -0.15) is 0 Å². The van der Waals surface area contributed by atoms with E-state index >= 15 is 0 Å². The van der Waals surface area contributed by atoms with Gasteiger partial charge < -0.3 is 18.5 Å². The van der Waals surface area contributed by atoms with Crippen molar-refractivity contribution in [1.29, 1.82) is 0 Å². The van der Waals surface area contributed by atoms with E-state index in [2.05, 4.69) is 10.3 Å². The molecule has 0 bridgehead atoms. The zero-order chi connectivity index (χ0) is 19.5. The molecule has 4 rings (SSSR count). The Morgan fingerprint density at radius 3 is 2.61 bits per heavy atom. The molecular weight excluding hydrogens is 358 g/mol. The number of carbonyl (C=O) groups excluding carboxylic acids is 1. The van der Waals surface area contributed by atoms with Crippen LogP contribution in [-0.2, 0) is 13.7 Å². The van der Waals surface area contributed by atoms with Gasteiger partial charge in [-0.25, -0.2) is 4.98 Å². The third-order valence-electron chi connectivity index (χ3n) is 4.34. The maximum absolute atomic E-state index is 12.5. The summed E-state index contributed by atoms with van der Waals surface area (Å²) in [6.07, 6.45) is 0. The van der Waals surface area contributed by atoms with E-state index in [4.69, 9.17) is 13.9 Å². The van der Waals surface area contributed by atoms with Gasteiger partial charge >= 0.3 is 0 Å². The van der Waals surface area contributed by atoms with Crippen molar-refractivity contribution in [2.75, 3.05) is 12.4 Å². The first-order chi connectivity index (χ1) is 13.7. The van der Waals surface area contributed by atoms with Crippen LogP contribution in [0, 0.1) is 0 Å². The summed E-state index contributed by atoms with van der Waals surface area (Å²) in [5.74, 6) is 2.03. The molecule has 1 amide bonds. The minimum absolute atomic E-state index is 0.180. The molecule has 0 radical (unpaired) electrons. The fraction of sp³-hybridized carbons (Fsp3) is 0.143. The number of aryl methyl sites for hydroxylation is 1. The topological polar surface area (TPSA) is 78.5 Å². The summed E-state index contributed by atoms with van der Waals surface area (Å²) in [7, 11) is 3.43. The van der Waals surface area contributed by atoms with E-state index in [1.165, 1.54) is 0 Å². The summed E-state index contributed by atoms with van der Waals surface area (Å²) in [5.41, 5.74) is 1.74. The highest BCUT2D eigenvalue weighted by Gasteiger charge is 2.16. The number of methoxy groups -OCH3 is 1. The largest absolute Gasteiger partial charge is 0.493 e. The molecule has 0 saturated heterocycles. The molecule has 0 aliphatic rings. The number of aromatic nitrogens is 2. The number of fused-ring (bicyclic) bond motifs is 1. The second kappa shape index (κ2) is 7.48. The van der Waals surface area contributed by atoms with Crippen LogP contribution in [0.5, 0.6) is 11.5 Å². The third kappa shape index (κ3) is 3.42. The van der Waals surface area contributed by atoms with Crippen molar-refractivity contribution in [2.24, 2.45) is 7.05 Å². The van der Waals surface area contributed by atoms with Crippen molar-refractivity contribution >= 4 is 22.9 Å². The first-order valence-electron chi connectivity index (χ1n) is 8.73. The molecule has 0 fully saturated rings. The predicted octanol–water partition coefficient (Wildman–Crippen LogP) is 4.01. The summed E-state index contributed by atoms with van der Waals surface area (Å²) in [6, 6.07) is 18.3. The number of benzene rings is 2. The highest BCUT2D eigenvalue weighted by Crippen LogP contribution is 2.27. The van der Waals surface area contributed by atoms with E-state index in [1.54, 1.807) is 25.3 Å². The van der Waals surface area contributed by atoms with Crippen LogP contribution in [0.25, 0.3) is 11.0 Å². The Labute approximate surface area is 161 Å². The van der Waals surface area contributed by atoms with Gasteiger partial charge in [0.2, 0.25) is 5.95 Å². The maximum atomic E-state index is 12.5. The van der Waals surface area contributed by atoms with Crippen molar-refractivity contribution in [3.63, 3.8) is 0 Å². The zero-order valence-corrected chi connectivity index (χ0v) is 15.5. The molecule has 2 aromatic heterocycles. The summed E-state index contributed by atoms with van der Waals surface area (Å²) in [6.45, 7) is 0.180. The minimum Gasteiger partial charge on any atom is -0.493 e. The lowest BCUT2D eigenvalue weighted by molar-refractivity contribution is 0.0991. The van der Waals surface area contributed by atoms with Gasteiger partial charge in [0.15, 0.2) is 17.3 Å².